The molecule has 0 aliphatic heterocycles. The third kappa shape index (κ3) is 19.4. The molecule has 0 saturated carbocycles. The number of methoxy groups -OCH3 is 1. The Morgan fingerprint density at radius 2 is 0.905 bits per heavy atom. The van der Waals surface area contributed by atoms with Crippen molar-refractivity contribution in [2.75, 3.05) is 79.8 Å². The summed E-state index contributed by atoms with van der Waals surface area (Å²) in [4.78, 5) is 10.0. The SMILES string of the molecule is COCCOCCOCCOCCOCCOCCC=O. The van der Waals surface area contributed by atoms with Crippen LogP contribution in [-0.2, 0) is 33.2 Å². The Morgan fingerprint density at radius 1 is 0.571 bits per heavy atom. The van der Waals surface area contributed by atoms with E-state index in [1.54, 1.807) is 7.11 Å². The van der Waals surface area contributed by atoms with Crippen LogP contribution in [0.25, 0.3) is 0 Å². The van der Waals surface area contributed by atoms with Crippen molar-refractivity contribution in [3.63, 3.8) is 0 Å². The Labute approximate surface area is 126 Å². The number of hydrogen-bond acceptors (Lipinski definition) is 7. The Hall–Kier alpha value is -0.570. The van der Waals surface area contributed by atoms with Crippen molar-refractivity contribution in [1.82, 2.24) is 0 Å². The summed E-state index contributed by atoms with van der Waals surface area (Å²) < 4.78 is 31.2. The highest BCUT2D eigenvalue weighted by atomic mass is 16.6. The largest absolute Gasteiger partial charge is 0.382 e. The molecule has 0 amide bonds. The quantitative estimate of drug-likeness (QED) is 0.266. The van der Waals surface area contributed by atoms with Crippen molar-refractivity contribution < 1.29 is 33.2 Å². The molecule has 0 atom stereocenters. The van der Waals surface area contributed by atoms with E-state index in [1.807, 2.05) is 0 Å². The number of ether oxygens (including phenoxy) is 6. The van der Waals surface area contributed by atoms with Gasteiger partial charge < -0.3 is 33.2 Å². The summed E-state index contributed by atoms with van der Waals surface area (Å²) in [6, 6.07) is 0. The van der Waals surface area contributed by atoms with Gasteiger partial charge in [0.2, 0.25) is 0 Å². The predicted octanol–water partition coefficient (Wildman–Crippen LogP) is 0.305. The molecule has 0 N–H and O–H groups in total. The summed E-state index contributed by atoms with van der Waals surface area (Å²) in [7, 11) is 1.64. The first-order chi connectivity index (χ1) is 10.4. The number of hydrogen-bond donors (Lipinski definition) is 0. The molecule has 0 aliphatic carbocycles. The van der Waals surface area contributed by atoms with Crippen LogP contribution in [0.3, 0.4) is 0 Å². The van der Waals surface area contributed by atoms with Gasteiger partial charge in [0.15, 0.2) is 0 Å². The van der Waals surface area contributed by atoms with Gasteiger partial charge in [0, 0.05) is 13.5 Å². The Kier molecular flexibility index (Phi) is 18.9. The molecule has 7 heteroatoms. The van der Waals surface area contributed by atoms with Gasteiger partial charge in [-0.05, 0) is 0 Å². The number of carbonyl (C=O) groups excluding carboxylic acids is 1. The molecule has 0 bridgehead atoms. The van der Waals surface area contributed by atoms with Gasteiger partial charge in [0.05, 0.1) is 72.7 Å². The summed E-state index contributed by atoms with van der Waals surface area (Å²) in [5.41, 5.74) is 0. The summed E-state index contributed by atoms with van der Waals surface area (Å²) in [5.74, 6) is 0. The molecule has 0 spiro atoms. The van der Waals surface area contributed by atoms with E-state index in [0.29, 0.717) is 79.1 Å². The van der Waals surface area contributed by atoms with Crippen LogP contribution < -0.4 is 0 Å². The van der Waals surface area contributed by atoms with E-state index in [0.717, 1.165) is 6.29 Å². The molecule has 0 aliphatic rings. The monoisotopic (exact) mass is 308 g/mol. The van der Waals surface area contributed by atoms with Gasteiger partial charge in [-0.3, -0.25) is 0 Å². The average molecular weight is 308 g/mol. The van der Waals surface area contributed by atoms with E-state index >= 15 is 0 Å². The highest BCUT2D eigenvalue weighted by Crippen LogP contribution is 1.84. The zero-order chi connectivity index (χ0) is 15.4. The summed E-state index contributed by atoms with van der Waals surface area (Å²) in [5, 5.41) is 0. The fraction of sp³-hybridized carbons (Fsp3) is 0.929. The first kappa shape index (κ1) is 20.4. The van der Waals surface area contributed by atoms with Crippen LogP contribution in [0.2, 0.25) is 0 Å². The van der Waals surface area contributed by atoms with Gasteiger partial charge in [0.1, 0.15) is 6.29 Å². The lowest BCUT2D eigenvalue weighted by atomic mass is 10.5. The van der Waals surface area contributed by atoms with Gasteiger partial charge in [-0.25, -0.2) is 0 Å². The molecule has 21 heavy (non-hydrogen) atoms. The molecule has 0 fully saturated rings. The first-order valence-electron chi connectivity index (χ1n) is 7.23. The van der Waals surface area contributed by atoms with Crippen LogP contribution in [0.5, 0.6) is 0 Å². The summed E-state index contributed by atoms with van der Waals surface area (Å²) in [6.45, 7) is 5.92. The Balaban J connectivity index is 2.91. The molecule has 7 nitrogen and oxygen atoms in total. The molecular weight excluding hydrogens is 280 g/mol. The normalized spacial score (nSPS) is 10.9. The third-order valence-electron chi connectivity index (χ3n) is 2.30. The van der Waals surface area contributed by atoms with Gasteiger partial charge >= 0.3 is 0 Å². The van der Waals surface area contributed by atoms with Gasteiger partial charge in [-0.15, -0.1) is 0 Å². The zero-order valence-corrected chi connectivity index (χ0v) is 12.9. The highest BCUT2D eigenvalue weighted by Gasteiger charge is 1.93. The maximum absolute atomic E-state index is 10.0. The average Bonchev–Trinajstić information content (AvgIpc) is 2.50. The second-order valence-corrected chi connectivity index (χ2v) is 4.01. The van der Waals surface area contributed by atoms with Gasteiger partial charge in [0.25, 0.3) is 0 Å². The number of aldehydes is 1. The van der Waals surface area contributed by atoms with Crippen LogP contribution in [0.15, 0.2) is 0 Å². The molecule has 0 aromatic carbocycles. The fourth-order valence-electron chi connectivity index (χ4n) is 1.26. The van der Waals surface area contributed by atoms with E-state index in [4.69, 9.17) is 28.4 Å². The number of carbonyl (C=O) groups is 1. The molecule has 0 unspecified atom stereocenters. The minimum absolute atomic E-state index is 0.431. The second kappa shape index (κ2) is 19.4. The fourth-order valence-corrected chi connectivity index (χ4v) is 1.26. The third-order valence-corrected chi connectivity index (χ3v) is 2.30. The first-order valence-corrected chi connectivity index (χ1v) is 7.23. The standard InChI is InChI=1S/C14H28O7/c1-16-5-6-18-9-10-20-13-14-21-12-11-19-8-7-17-4-2-3-15/h3H,2,4-14H2,1H3. The molecule has 0 heterocycles. The zero-order valence-electron chi connectivity index (χ0n) is 12.9. The predicted molar refractivity (Wildman–Crippen MR) is 76.7 cm³/mol. The minimum atomic E-state index is 0.431. The van der Waals surface area contributed by atoms with Gasteiger partial charge in [-0.2, -0.15) is 0 Å². The van der Waals surface area contributed by atoms with Crippen LogP contribution in [-0.4, -0.2) is 86.1 Å². The van der Waals surface area contributed by atoms with Crippen molar-refractivity contribution in [2.24, 2.45) is 0 Å². The lowest BCUT2D eigenvalue weighted by molar-refractivity contribution is -0.108. The minimum Gasteiger partial charge on any atom is -0.382 e. The van der Waals surface area contributed by atoms with E-state index < -0.39 is 0 Å². The van der Waals surface area contributed by atoms with Crippen LogP contribution in [0, 0.1) is 0 Å². The highest BCUT2D eigenvalue weighted by molar-refractivity contribution is 5.49. The lowest BCUT2D eigenvalue weighted by Crippen LogP contribution is -2.14. The second-order valence-electron chi connectivity index (χ2n) is 4.01. The summed E-state index contributed by atoms with van der Waals surface area (Å²) in [6.07, 6.45) is 1.27. The van der Waals surface area contributed by atoms with Crippen molar-refractivity contribution >= 4 is 6.29 Å². The maximum atomic E-state index is 10.0. The topological polar surface area (TPSA) is 72.5 Å². The Morgan fingerprint density at radius 3 is 1.24 bits per heavy atom. The summed E-state index contributed by atoms with van der Waals surface area (Å²) >= 11 is 0. The molecule has 0 saturated heterocycles. The van der Waals surface area contributed by atoms with E-state index in [-0.39, 0.29) is 0 Å². The van der Waals surface area contributed by atoms with Gasteiger partial charge in [-0.1, -0.05) is 0 Å². The van der Waals surface area contributed by atoms with Crippen LogP contribution in [0.1, 0.15) is 6.42 Å². The molecule has 0 aromatic heterocycles. The van der Waals surface area contributed by atoms with Crippen LogP contribution >= 0.6 is 0 Å². The molecular formula is C14H28O7. The van der Waals surface area contributed by atoms with Crippen molar-refractivity contribution in [1.29, 1.82) is 0 Å². The van der Waals surface area contributed by atoms with E-state index in [9.17, 15) is 4.79 Å². The lowest BCUT2D eigenvalue weighted by Gasteiger charge is -2.07. The molecule has 0 aromatic rings. The molecule has 0 radical (unpaired) electrons. The molecule has 0 rings (SSSR count). The Bertz CT molecular complexity index is 202. The number of rotatable bonds is 18. The van der Waals surface area contributed by atoms with Crippen LogP contribution in [0.4, 0.5) is 0 Å². The van der Waals surface area contributed by atoms with E-state index in [1.165, 1.54) is 0 Å². The van der Waals surface area contributed by atoms with E-state index in [2.05, 4.69) is 0 Å². The maximum Gasteiger partial charge on any atom is 0.122 e. The molecule has 126 valence electrons. The van der Waals surface area contributed by atoms with Crippen molar-refractivity contribution in [3.8, 4) is 0 Å². The van der Waals surface area contributed by atoms with Crippen molar-refractivity contribution in [3.05, 3.63) is 0 Å². The smallest absolute Gasteiger partial charge is 0.122 e. The van der Waals surface area contributed by atoms with Crippen molar-refractivity contribution in [2.45, 2.75) is 6.42 Å².